The summed E-state index contributed by atoms with van der Waals surface area (Å²) in [6.07, 6.45) is 2.70. The highest BCUT2D eigenvalue weighted by molar-refractivity contribution is 5.79. The second kappa shape index (κ2) is 7.91. The molecule has 1 aliphatic carbocycles. The molecule has 1 atom stereocenters. The molecule has 1 aromatic carbocycles. The molecule has 0 heterocycles. The average Bonchev–Trinajstić information content (AvgIpc) is 3.34. The van der Waals surface area contributed by atoms with E-state index in [0.717, 1.165) is 37.3 Å². The third-order valence-corrected chi connectivity index (χ3v) is 3.79. The number of hydrogen-bond acceptors (Lipinski definition) is 2. The van der Waals surface area contributed by atoms with Gasteiger partial charge < -0.3 is 15.4 Å². The quantitative estimate of drug-likeness (QED) is 0.599. The topological polar surface area (TPSA) is 45.7 Å². The van der Waals surface area contributed by atoms with Crippen LogP contribution in [-0.4, -0.2) is 32.7 Å². The normalized spacial score (nSPS) is 16.4. The molecule has 4 nitrogen and oxygen atoms in total. The molecule has 2 rings (SSSR count). The van der Waals surface area contributed by atoms with E-state index in [1.807, 2.05) is 12.1 Å². The Morgan fingerprint density at radius 1 is 1.33 bits per heavy atom. The predicted octanol–water partition coefficient (Wildman–Crippen LogP) is 2.76. The Labute approximate surface area is 128 Å². The number of para-hydroxylation sites is 1. The molecular weight excluding hydrogens is 262 g/mol. The van der Waals surface area contributed by atoms with Crippen molar-refractivity contribution in [1.29, 1.82) is 0 Å². The molecule has 1 aromatic rings. The first kappa shape index (κ1) is 15.7. The number of aliphatic imine (C=N–C) groups is 1. The van der Waals surface area contributed by atoms with Gasteiger partial charge in [0.25, 0.3) is 0 Å². The first-order chi connectivity index (χ1) is 10.2. The molecular formula is C17H27N3O. The number of rotatable bonds is 7. The number of benzene rings is 1. The molecule has 21 heavy (non-hydrogen) atoms. The van der Waals surface area contributed by atoms with Crippen LogP contribution >= 0.6 is 0 Å². The summed E-state index contributed by atoms with van der Waals surface area (Å²) in [4.78, 5) is 4.70. The highest BCUT2D eigenvalue weighted by Gasteiger charge is 2.21. The average molecular weight is 289 g/mol. The van der Waals surface area contributed by atoms with Gasteiger partial charge in [-0.3, -0.25) is 4.99 Å². The maximum Gasteiger partial charge on any atom is 0.191 e. The van der Waals surface area contributed by atoms with Crippen molar-refractivity contribution in [1.82, 2.24) is 10.6 Å². The third kappa shape index (κ3) is 4.96. The Morgan fingerprint density at radius 3 is 2.76 bits per heavy atom. The molecule has 2 N–H and O–H groups in total. The van der Waals surface area contributed by atoms with Crippen molar-refractivity contribution in [2.75, 3.05) is 26.7 Å². The van der Waals surface area contributed by atoms with Crippen molar-refractivity contribution in [3.8, 4) is 5.75 Å². The summed E-state index contributed by atoms with van der Waals surface area (Å²) >= 11 is 0. The lowest BCUT2D eigenvalue weighted by Gasteiger charge is -2.15. The molecule has 1 aliphatic rings. The van der Waals surface area contributed by atoms with Crippen LogP contribution in [0.4, 0.5) is 0 Å². The fraction of sp³-hybridized carbons (Fsp3) is 0.588. The van der Waals surface area contributed by atoms with Gasteiger partial charge in [0, 0.05) is 25.6 Å². The first-order valence-electron chi connectivity index (χ1n) is 7.89. The standard InChI is InChI=1S/C17H27N3O/c1-4-18-17(20-12-14-9-10-14)19-11-13(2)15-7-5-6-8-16(15)21-3/h5-8,13-14H,4,9-12H2,1-3H3,(H2,18,19,20). The van der Waals surface area contributed by atoms with Gasteiger partial charge in [-0.2, -0.15) is 0 Å². The zero-order valence-electron chi connectivity index (χ0n) is 13.4. The maximum absolute atomic E-state index is 5.43. The van der Waals surface area contributed by atoms with Crippen LogP contribution in [0, 0.1) is 5.92 Å². The Bertz CT molecular complexity index is 469. The van der Waals surface area contributed by atoms with Crippen LogP contribution in [0.3, 0.4) is 0 Å². The predicted molar refractivity (Wildman–Crippen MR) is 88.1 cm³/mol. The van der Waals surface area contributed by atoms with E-state index in [-0.39, 0.29) is 0 Å². The molecule has 0 bridgehead atoms. The second-order valence-corrected chi connectivity index (χ2v) is 5.69. The summed E-state index contributed by atoms with van der Waals surface area (Å²) in [6.45, 7) is 6.96. The van der Waals surface area contributed by atoms with Crippen LogP contribution in [0.1, 0.15) is 38.2 Å². The van der Waals surface area contributed by atoms with Gasteiger partial charge in [-0.15, -0.1) is 0 Å². The fourth-order valence-corrected chi connectivity index (χ4v) is 2.30. The lowest BCUT2D eigenvalue weighted by molar-refractivity contribution is 0.407. The molecule has 116 valence electrons. The zero-order chi connectivity index (χ0) is 15.1. The molecule has 0 amide bonds. The van der Waals surface area contributed by atoms with Crippen molar-refractivity contribution in [3.63, 3.8) is 0 Å². The molecule has 4 heteroatoms. The van der Waals surface area contributed by atoms with Crippen molar-refractivity contribution in [2.45, 2.75) is 32.6 Å². The number of nitrogens with zero attached hydrogens (tertiary/aromatic N) is 1. The molecule has 0 radical (unpaired) electrons. The molecule has 0 aliphatic heterocycles. The highest BCUT2D eigenvalue weighted by Crippen LogP contribution is 2.28. The lowest BCUT2D eigenvalue weighted by Crippen LogP contribution is -2.38. The van der Waals surface area contributed by atoms with E-state index in [1.54, 1.807) is 7.11 Å². The molecule has 0 spiro atoms. The van der Waals surface area contributed by atoms with Gasteiger partial charge in [0.1, 0.15) is 5.75 Å². The highest BCUT2D eigenvalue weighted by atomic mass is 16.5. The summed E-state index contributed by atoms with van der Waals surface area (Å²) in [7, 11) is 1.72. The number of nitrogens with one attached hydrogen (secondary N) is 2. The van der Waals surface area contributed by atoms with E-state index in [4.69, 9.17) is 9.73 Å². The SMILES string of the molecule is CCNC(=NCC(C)c1ccccc1OC)NCC1CC1. The Kier molecular flexibility index (Phi) is 5.90. The van der Waals surface area contributed by atoms with Gasteiger partial charge in [-0.1, -0.05) is 25.1 Å². The van der Waals surface area contributed by atoms with Crippen molar-refractivity contribution >= 4 is 5.96 Å². The fourth-order valence-electron chi connectivity index (χ4n) is 2.30. The minimum Gasteiger partial charge on any atom is -0.496 e. The van der Waals surface area contributed by atoms with E-state index >= 15 is 0 Å². The van der Waals surface area contributed by atoms with Crippen LogP contribution in [0.25, 0.3) is 0 Å². The van der Waals surface area contributed by atoms with Crippen molar-refractivity contribution in [3.05, 3.63) is 29.8 Å². The smallest absolute Gasteiger partial charge is 0.191 e. The zero-order valence-corrected chi connectivity index (χ0v) is 13.4. The second-order valence-electron chi connectivity index (χ2n) is 5.69. The summed E-state index contributed by atoms with van der Waals surface area (Å²) in [5.41, 5.74) is 1.21. The maximum atomic E-state index is 5.43. The summed E-state index contributed by atoms with van der Waals surface area (Å²) in [5, 5.41) is 6.73. The summed E-state index contributed by atoms with van der Waals surface area (Å²) in [6, 6.07) is 8.17. The number of ether oxygens (including phenoxy) is 1. The lowest BCUT2D eigenvalue weighted by atomic mass is 10.0. The molecule has 1 unspecified atom stereocenters. The molecule has 1 saturated carbocycles. The van der Waals surface area contributed by atoms with Crippen LogP contribution in [0.5, 0.6) is 5.75 Å². The Balaban J connectivity index is 1.94. The Hall–Kier alpha value is -1.71. The summed E-state index contributed by atoms with van der Waals surface area (Å²) < 4.78 is 5.43. The minimum atomic E-state index is 0.331. The van der Waals surface area contributed by atoms with Gasteiger partial charge in [0.15, 0.2) is 5.96 Å². The monoisotopic (exact) mass is 289 g/mol. The van der Waals surface area contributed by atoms with Crippen LogP contribution < -0.4 is 15.4 Å². The van der Waals surface area contributed by atoms with Gasteiger partial charge in [0.05, 0.1) is 7.11 Å². The van der Waals surface area contributed by atoms with Crippen LogP contribution in [-0.2, 0) is 0 Å². The van der Waals surface area contributed by atoms with E-state index < -0.39 is 0 Å². The largest absolute Gasteiger partial charge is 0.496 e. The summed E-state index contributed by atoms with van der Waals surface area (Å²) in [5.74, 6) is 3.04. The van der Waals surface area contributed by atoms with Crippen molar-refractivity contribution < 1.29 is 4.74 Å². The van der Waals surface area contributed by atoms with E-state index in [2.05, 4.69) is 36.6 Å². The molecule has 1 fully saturated rings. The van der Waals surface area contributed by atoms with E-state index in [9.17, 15) is 0 Å². The molecule has 0 aromatic heterocycles. The number of methoxy groups -OCH3 is 1. The van der Waals surface area contributed by atoms with Gasteiger partial charge in [0.2, 0.25) is 0 Å². The minimum absolute atomic E-state index is 0.331. The Morgan fingerprint density at radius 2 is 2.10 bits per heavy atom. The first-order valence-corrected chi connectivity index (χ1v) is 7.89. The van der Waals surface area contributed by atoms with Crippen LogP contribution in [0.15, 0.2) is 29.3 Å². The van der Waals surface area contributed by atoms with Crippen molar-refractivity contribution in [2.24, 2.45) is 10.9 Å². The van der Waals surface area contributed by atoms with Crippen LogP contribution in [0.2, 0.25) is 0 Å². The number of guanidine groups is 1. The molecule has 0 saturated heterocycles. The van der Waals surface area contributed by atoms with Gasteiger partial charge >= 0.3 is 0 Å². The van der Waals surface area contributed by atoms with E-state index in [0.29, 0.717) is 5.92 Å². The van der Waals surface area contributed by atoms with E-state index in [1.165, 1.54) is 18.4 Å². The van der Waals surface area contributed by atoms with Gasteiger partial charge in [-0.25, -0.2) is 0 Å². The number of hydrogen-bond donors (Lipinski definition) is 2. The third-order valence-electron chi connectivity index (χ3n) is 3.79. The van der Waals surface area contributed by atoms with Gasteiger partial charge in [-0.05, 0) is 37.3 Å².